The molecule has 13 nitrogen and oxygen atoms in total. The number of imidazole rings is 1. The lowest BCUT2D eigenvalue weighted by molar-refractivity contribution is -0.117. The van der Waals surface area contributed by atoms with Crippen molar-refractivity contribution in [3.05, 3.63) is 83.6 Å². The number of methoxy groups -OCH3 is 1. The molecule has 5 rings (SSSR count). The summed E-state index contributed by atoms with van der Waals surface area (Å²) < 4.78 is 6.08. The summed E-state index contributed by atoms with van der Waals surface area (Å²) in [6.07, 6.45) is 4.51. The Morgan fingerprint density at radius 1 is 1.22 bits per heavy atom. The number of carbonyl (C=O) groups excluding carboxylic acids is 3. The number of aliphatic hydroxyl groups is 1. The Labute approximate surface area is 238 Å². The van der Waals surface area contributed by atoms with Crippen LogP contribution in [-0.4, -0.2) is 61.2 Å². The first-order valence-corrected chi connectivity index (χ1v) is 12.8. The van der Waals surface area contributed by atoms with Crippen molar-refractivity contribution in [2.45, 2.75) is 25.0 Å². The molecular weight excluding hydrogens is 552 g/mol. The summed E-state index contributed by atoms with van der Waals surface area (Å²) in [4.78, 5) is 45.2. The molecule has 1 aliphatic rings. The number of hydrogen-bond acceptors (Lipinski definition) is 8. The number of rotatable bonds is 4. The number of carbonyl (C=O) groups is 3. The smallest absolute Gasteiger partial charge is 0.411 e. The van der Waals surface area contributed by atoms with Gasteiger partial charge in [-0.2, -0.15) is 0 Å². The van der Waals surface area contributed by atoms with E-state index in [0.29, 0.717) is 39.2 Å². The lowest BCUT2D eigenvalue weighted by Crippen LogP contribution is -2.29. The fourth-order valence-corrected chi connectivity index (χ4v) is 4.38. The van der Waals surface area contributed by atoms with Gasteiger partial charge in [0.2, 0.25) is 5.91 Å². The monoisotopic (exact) mass is 576 g/mol. The van der Waals surface area contributed by atoms with Gasteiger partial charge >= 0.3 is 6.09 Å². The van der Waals surface area contributed by atoms with Crippen molar-refractivity contribution in [1.82, 2.24) is 30.3 Å². The predicted octanol–water partition coefficient (Wildman–Crippen LogP) is 3.61. The molecule has 0 radical (unpaired) electrons. The Kier molecular flexibility index (Phi) is 8.08. The number of amides is 3. The maximum absolute atomic E-state index is 13.2. The summed E-state index contributed by atoms with van der Waals surface area (Å²) in [5.74, 6) is -0.497. The van der Waals surface area contributed by atoms with Crippen molar-refractivity contribution in [2.24, 2.45) is 0 Å². The summed E-state index contributed by atoms with van der Waals surface area (Å²) >= 11 is 6.06. The summed E-state index contributed by atoms with van der Waals surface area (Å²) in [6.45, 7) is 0. The molecule has 1 aliphatic heterocycles. The molecule has 2 aromatic carbocycles. The fraction of sp³-hybridized carbons (Fsp3) is 0.185. The normalized spacial score (nSPS) is 17.6. The zero-order valence-corrected chi connectivity index (χ0v) is 22.4. The number of fused-ring (bicyclic) bond motifs is 4. The van der Waals surface area contributed by atoms with Crippen LogP contribution in [0.5, 0.6) is 0 Å². The van der Waals surface area contributed by atoms with E-state index in [2.05, 4.69) is 41.0 Å². The molecule has 5 N–H and O–H groups in total. The molecule has 14 heteroatoms. The first-order chi connectivity index (χ1) is 19.8. The second-order valence-corrected chi connectivity index (χ2v) is 9.53. The first kappa shape index (κ1) is 27.6. The number of ether oxygens (including phenoxy) is 1. The molecular formula is C27H25ClN8O5. The van der Waals surface area contributed by atoms with Crippen LogP contribution in [0.15, 0.2) is 67.0 Å². The largest absolute Gasteiger partial charge is 0.453 e. The van der Waals surface area contributed by atoms with Crippen LogP contribution in [0.2, 0.25) is 5.02 Å². The van der Waals surface area contributed by atoms with Crippen LogP contribution < -0.4 is 16.0 Å². The second-order valence-electron chi connectivity index (χ2n) is 9.10. The molecule has 0 saturated carbocycles. The molecule has 3 amide bonds. The average molecular weight is 577 g/mol. The highest BCUT2D eigenvalue weighted by Gasteiger charge is 2.22. The Morgan fingerprint density at radius 2 is 2.07 bits per heavy atom. The van der Waals surface area contributed by atoms with E-state index < -0.39 is 30.1 Å². The minimum absolute atomic E-state index is 0.0782. The SMILES string of the molecule is COC(=O)Nc1ccc2c(c1)NC(=O)CC(O)/C=C/C[C@H](NC(=O)c1cn(-c3cccc(Cl)c3)nn1)c1ncc-2[nH]1. The molecule has 2 bridgehead atoms. The maximum atomic E-state index is 13.2. The van der Waals surface area contributed by atoms with Crippen LogP contribution in [0.4, 0.5) is 16.2 Å². The Morgan fingerprint density at radius 3 is 2.88 bits per heavy atom. The zero-order valence-electron chi connectivity index (χ0n) is 21.7. The average Bonchev–Trinajstić information content (AvgIpc) is 3.63. The summed E-state index contributed by atoms with van der Waals surface area (Å²) in [6, 6.07) is 11.2. The Balaban J connectivity index is 1.44. The molecule has 0 spiro atoms. The number of aromatic nitrogens is 5. The topological polar surface area (TPSA) is 176 Å². The van der Waals surface area contributed by atoms with Gasteiger partial charge < -0.3 is 25.5 Å². The summed E-state index contributed by atoms with van der Waals surface area (Å²) in [7, 11) is 1.24. The van der Waals surface area contributed by atoms with Gasteiger partial charge in [-0.15, -0.1) is 5.10 Å². The van der Waals surface area contributed by atoms with Crippen molar-refractivity contribution in [3.63, 3.8) is 0 Å². The van der Waals surface area contributed by atoms with Crippen LogP contribution in [0, 0.1) is 0 Å². The quantitative estimate of drug-likeness (QED) is 0.229. The van der Waals surface area contributed by atoms with Gasteiger partial charge in [0, 0.05) is 16.3 Å². The number of nitrogens with one attached hydrogen (secondary N) is 4. The number of anilines is 2. The number of nitrogens with zero attached hydrogens (tertiary/aromatic N) is 4. The van der Waals surface area contributed by atoms with E-state index in [0.717, 1.165) is 0 Å². The summed E-state index contributed by atoms with van der Waals surface area (Å²) in [5.41, 5.74) is 2.60. The van der Waals surface area contributed by atoms with E-state index in [1.165, 1.54) is 24.1 Å². The van der Waals surface area contributed by atoms with Crippen LogP contribution in [0.3, 0.4) is 0 Å². The molecule has 210 valence electrons. The fourth-order valence-electron chi connectivity index (χ4n) is 4.19. The molecule has 41 heavy (non-hydrogen) atoms. The number of hydrogen-bond donors (Lipinski definition) is 5. The van der Waals surface area contributed by atoms with Gasteiger partial charge in [-0.05, 0) is 42.8 Å². The van der Waals surface area contributed by atoms with E-state index in [1.807, 2.05) is 0 Å². The molecule has 2 aromatic heterocycles. The van der Waals surface area contributed by atoms with E-state index in [9.17, 15) is 19.5 Å². The summed E-state index contributed by atoms with van der Waals surface area (Å²) in [5, 5.41) is 27.2. The van der Waals surface area contributed by atoms with E-state index >= 15 is 0 Å². The van der Waals surface area contributed by atoms with Gasteiger partial charge in [0.25, 0.3) is 5.91 Å². The van der Waals surface area contributed by atoms with E-state index in [4.69, 9.17) is 11.6 Å². The lowest BCUT2D eigenvalue weighted by atomic mass is 10.1. The van der Waals surface area contributed by atoms with Gasteiger partial charge in [-0.1, -0.05) is 35.0 Å². The minimum atomic E-state index is -1.07. The first-order valence-electron chi connectivity index (χ1n) is 12.5. The molecule has 2 atom stereocenters. The third kappa shape index (κ3) is 6.59. The molecule has 0 saturated heterocycles. The van der Waals surface area contributed by atoms with Gasteiger partial charge in [0.05, 0.1) is 55.1 Å². The molecule has 1 unspecified atom stereocenters. The van der Waals surface area contributed by atoms with Crippen LogP contribution >= 0.6 is 11.6 Å². The van der Waals surface area contributed by atoms with Crippen LogP contribution in [0.25, 0.3) is 16.9 Å². The minimum Gasteiger partial charge on any atom is -0.453 e. The van der Waals surface area contributed by atoms with Crippen molar-refractivity contribution in [2.75, 3.05) is 17.7 Å². The predicted molar refractivity (Wildman–Crippen MR) is 150 cm³/mol. The standard InChI is InChI=1S/C27H25ClN8O5/c1-41-27(40)30-16-8-9-19-21(11-16)31-24(38)12-18(37)6-3-7-20(25-29-13-22(19)32-25)33-26(39)23-14-36(35-34-23)17-5-2-4-15(28)10-17/h2-6,8-11,13-14,18,20,37H,7,12H2,1H3,(H,29,32)(H,30,40)(H,31,38)(H,33,39)/b6-3+/t18?,20-/m0/s1. The Hall–Kier alpha value is -5.01. The molecule has 0 fully saturated rings. The zero-order chi connectivity index (χ0) is 28.9. The molecule has 4 aromatic rings. The second kappa shape index (κ2) is 12.0. The van der Waals surface area contributed by atoms with Crippen molar-refractivity contribution in [1.29, 1.82) is 0 Å². The van der Waals surface area contributed by atoms with Crippen molar-refractivity contribution in [3.8, 4) is 16.9 Å². The van der Waals surface area contributed by atoms with Crippen molar-refractivity contribution < 1.29 is 24.2 Å². The van der Waals surface area contributed by atoms with Gasteiger partial charge in [-0.3, -0.25) is 14.9 Å². The lowest BCUT2D eigenvalue weighted by Gasteiger charge is -2.14. The molecule has 3 heterocycles. The van der Waals surface area contributed by atoms with E-state index in [1.54, 1.807) is 54.7 Å². The highest BCUT2D eigenvalue weighted by Crippen LogP contribution is 2.31. The third-order valence-corrected chi connectivity index (χ3v) is 6.40. The highest BCUT2D eigenvalue weighted by molar-refractivity contribution is 6.30. The van der Waals surface area contributed by atoms with Gasteiger partial charge in [0.15, 0.2) is 5.69 Å². The van der Waals surface area contributed by atoms with Crippen molar-refractivity contribution >= 4 is 40.9 Å². The number of aromatic amines is 1. The maximum Gasteiger partial charge on any atom is 0.411 e. The number of halogens is 1. The van der Waals surface area contributed by atoms with Gasteiger partial charge in [-0.25, -0.2) is 14.5 Å². The Bertz CT molecular complexity index is 1630. The number of aliphatic hydroxyl groups excluding tert-OH is 1. The van der Waals surface area contributed by atoms with Gasteiger partial charge in [0.1, 0.15) is 5.82 Å². The third-order valence-electron chi connectivity index (χ3n) is 6.17. The highest BCUT2D eigenvalue weighted by atomic mass is 35.5. The van der Waals surface area contributed by atoms with Crippen LogP contribution in [-0.2, 0) is 9.53 Å². The van der Waals surface area contributed by atoms with Crippen LogP contribution in [0.1, 0.15) is 35.2 Å². The van der Waals surface area contributed by atoms with E-state index in [-0.39, 0.29) is 18.5 Å². The number of benzene rings is 2. The number of H-pyrrole nitrogens is 1. The molecule has 0 aliphatic carbocycles.